The lowest BCUT2D eigenvalue weighted by atomic mass is 10.1. The highest BCUT2D eigenvalue weighted by Crippen LogP contribution is 2.35. The number of urea groups is 1. The molecule has 2 heterocycles. The molecule has 3 aromatic rings. The molecule has 1 atom stereocenters. The first kappa shape index (κ1) is 23.3. The Morgan fingerprint density at radius 3 is 2.61 bits per heavy atom. The maximum absolute atomic E-state index is 13.8. The summed E-state index contributed by atoms with van der Waals surface area (Å²) in [4.78, 5) is 44.7. The van der Waals surface area contributed by atoms with Crippen LogP contribution in [0.3, 0.4) is 0 Å². The van der Waals surface area contributed by atoms with Crippen molar-refractivity contribution in [1.82, 2.24) is 20.2 Å². The van der Waals surface area contributed by atoms with Crippen molar-refractivity contribution in [3.63, 3.8) is 0 Å². The number of amides is 3. The van der Waals surface area contributed by atoms with Crippen LogP contribution in [0.15, 0.2) is 34.2 Å². The number of imide groups is 1. The topological polar surface area (TPSA) is 102 Å². The second-order valence-electron chi connectivity index (χ2n) is 7.81. The van der Waals surface area contributed by atoms with Gasteiger partial charge < -0.3 is 10.1 Å². The molecule has 8 nitrogen and oxygen atoms in total. The zero-order valence-corrected chi connectivity index (χ0v) is 20.4. The quantitative estimate of drug-likeness (QED) is 0.324. The number of hydrogen-bond acceptors (Lipinski definition) is 7. The Kier molecular flexibility index (Phi) is 7.04. The molecule has 1 aliphatic carbocycles. The van der Waals surface area contributed by atoms with Crippen molar-refractivity contribution in [3.8, 4) is 11.4 Å². The standard InChI is InChI=1S/C23H26N4O4S2/c1-13(19(28)25-22(30)24-2)32-23-26-20-18(16-7-5-4-6-8-17(16)33-20)21(29)27(23)14-9-11-15(31-3)12-10-14/h9-13H,4-8H2,1-3H3,(H2,24,25,28,30). The summed E-state index contributed by atoms with van der Waals surface area (Å²) < 4.78 is 6.82. The van der Waals surface area contributed by atoms with Crippen LogP contribution in [0.2, 0.25) is 0 Å². The van der Waals surface area contributed by atoms with E-state index < -0.39 is 17.2 Å². The van der Waals surface area contributed by atoms with E-state index in [0.29, 0.717) is 26.8 Å². The number of aromatic nitrogens is 2. The lowest BCUT2D eigenvalue weighted by Crippen LogP contribution is -2.41. The lowest BCUT2D eigenvalue weighted by Gasteiger charge is -2.16. The molecular weight excluding hydrogens is 460 g/mol. The lowest BCUT2D eigenvalue weighted by molar-refractivity contribution is -0.119. The smallest absolute Gasteiger partial charge is 0.321 e. The number of nitrogens with zero attached hydrogens (tertiary/aromatic N) is 2. The molecule has 0 bridgehead atoms. The molecule has 4 rings (SSSR count). The van der Waals surface area contributed by atoms with Gasteiger partial charge in [-0.15, -0.1) is 11.3 Å². The molecule has 0 radical (unpaired) electrons. The van der Waals surface area contributed by atoms with E-state index in [0.717, 1.165) is 49.4 Å². The van der Waals surface area contributed by atoms with Gasteiger partial charge in [0.05, 0.1) is 23.4 Å². The minimum absolute atomic E-state index is 0.133. The fraction of sp³-hybridized carbons (Fsp3) is 0.391. The molecule has 0 spiro atoms. The van der Waals surface area contributed by atoms with Gasteiger partial charge >= 0.3 is 6.03 Å². The number of aryl methyl sites for hydroxylation is 2. The minimum Gasteiger partial charge on any atom is -0.497 e. The van der Waals surface area contributed by atoms with Gasteiger partial charge in [0.2, 0.25) is 5.91 Å². The van der Waals surface area contributed by atoms with Gasteiger partial charge in [0.1, 0.15) is 10.6 Å². The average Bonchev–Trinajstić information content (AvgIpc) is 3.00. The summed E-state index contributed by atoms with van der Waals surface area (Å²) in [5, 5.41) is 5.10. The highest BCUT2D eigenvalue weighted by Gasteiger charge is 2.25. The number of thiophene rings is 1. The van der Waals surface area contributed by atoms with Crippen LogP contribution in [0.5, 0.6) is 5.75 Å². The second kappa shape index (κ2) is 9.96. The molecule has 1 unspecified atom stereocenters. The normalized spacial score (nSPS) is 14.3. The Bertz CT molecular complexity index is 1250. The summed E-state index contributed by atoms with van der Waals surface area (Å²) in [7, 11) is 3.03. The van der Waals surface area contributed by atoms with Crippen LogP contribution in [0, 0.1) is 0 Å². The van der Waals surface area contributed by atoms with Crippen molar-refractivity contribution < 1.29 is 14.3 Å². The number of carbonyl (C=O) groups excluding carboxylic acids is 2. The van der Waals surface area contributed by atoms with Gasteiger partial charge in [-0.25, -0.2) is 9.78 Å². The Morgan fingerprint density at radius 1 is 1.18 bits per heavy atom. The van der Waals surface area contributed by atoms with Crippen LogP contribution in [0.25, 0.3) is 15.9 Å². The molecular formula is C23H26N4O4S2. The van der Waals surface area contributed by atoms with Crippen molar-refractivity contribution in [2.45, 2.75) is 49.4 Å². The summed E-state index contributed by atoms with van der Waals surface area (Å²) in [6.07, 6.45) is 5.19. The molecule has 2 N–H and O–H groups in total. The number of benzene rings is 1. The number of rotatable bonds is 5. The number of ether oxygens (including phenoxy) is 1. The highest BCUT2D eigenvalue weighted by atomic mass is 32.2. The van der Waals surface area contributed by atoms with Crippen molar-refractivity contribution in [2.75, 3.05) is 14.2 Å². The first-order valence-electron chi connectivity index (χ1n) is 10.8. The van der Waals surface area contributed by atoms with Crippen molar-refractivity contribution in [2.24, 2.45) is 0 Å². The summed E-state index contributed by atoms with van der Waals surface area (Å²) in [5.41, 5.74) is 1.63. The first-order valence-corrected chi connectivity index (χ1v) is 12.5. The van der Waals surface area contributed by atoms with Gasteiger partial charge in [-0.3, -0.25) is 19.5 Å². The predicted molar refractivity (Wildman–Crippen MR) is 131 cm³/mol. The third-order valence-electron chi connectivity index (χ3n) is 5.65. The molecule has 174 valence electrons. The monoisotopic (exact) mass is 486 g/mol. The molecule has 1 aliphatic rings. The molecule has 3 amide bonds. The van der Waals surface area contributed by atoms with E-state index in [9.17, 15) is 14.4 Å². The van der Waals surface area contributed by atoms with Crippen molar-refractivity contribution in [1.29, 1.82) is 0 Å². The molecule has 0 saturated heterocycles. The largest absolute Gasteiger partial charge is 0.497 e. The Labute approximate surface area is 199 Å². The van der Waals surface area contributed by atoms with Gasteiger partial charge in [-0.05, 0) is 62.4 Å². The van der Waals surface area contributed by atoms with Crippen LogP contribution in [0.4, 0.5) is 4.79 Å². The fourth-order valence-electron chi connectivity index (χ4n) is 3.89. The first-order chi connectivity index (χ1) is 15.9. The minimum atomic E-state index is -0.645. The number of thioether (sulfide) groups is 1. The summed E-state index contributed by atoms with van der Waals surface area (Å²) in [6, 6.07) is 6.60. The van der Waals surface area contributed by atoms with Crippen molar-refractivity contribution >= 4 is 45.3 Å². The molecule has 1 aromatic carbocycles. The van der Waals surface area contributed by atoms with Gasteiger partial charge in [-0.1, -0.05) is 18.2 Å². The fourth-order valence-corrected chi connectivity index (χ4v) is 6.12. The SMILES string of the molecule is CNC(=O)NC(=O)C(C)Sc1nc2sc3c(c2c(=O)n1-c1ccc(OC)cc1)CCCCC3. The van der Waals surface area contributed by atoms with Crippen LogP contribution in [-0.2, 0) is 17.6 Å². The molecule has 0 aliphatic heterocycles. The van der Waals surface area contributed by atoms with Crippen molar-refractivity contribution in [3.05, 3.63) is 45.1 Å². The zero-order valence-electron chi connectivity index (χ0n) is 18.8. The number of hydrogen-bond donors (Lipinski definition) is 2. The third kappa shape index (κ3) is 4.77. The number of methoxy groups -OCH3 is 1. The number of fused-ring (bicyclic) bond motifs is 3. The third-order valence-corrected chi connectivity index (χ3v) is 7.89. The molecule has 10 heteroatoms. The Morgan fingerprint density at radius 2 is 1.91 bits per heavy atom. The van der Waals surface area contributed by atoms with E-state index in [1.807, 2.05) is 0 Å². The maximum atomic E-state index is 13.8. The second-order valence-corrected chi connectivity index (χ2v) is 10.2. The molecule has 33 heavy (non-hydrogen) atoms. The number of carbonyl (C=O) groups is 2. The van der Waals surface area contributed by atoms with Crippen LogP contribution < -0.4 is 20.9 Å². The van der Waals surface area contributed by atoms with E-state index in [1.165, 1.54) is 11.9 Å². The summed E-state index contributed by atoms with van der Waals surface area (Å²) in [5.74, 6) is 0.217. The van der Waals surface area contributed by atoms with E-state index in [-0.39, 0.29) is 5.56 Å². The van der Waals surface area contributed by atoms with Crippen LogP contribution in [-0.4, -0.2) is 40.9 Å². The highest BCUT2D eigenvalue weighted by molar-refractivity contribution is 8.00. The van der Waals surface area contributed by atoms with Gasteiger partial charge in [0.25, 0.3) is 5.56 Å². The average molecular weight is 487 g/mol. The Hall–Kier alpha value is -2.85. The van der Waals surface area contributed by atoms with Gasteiger partial charge in [-0.2, -0.15) is 0 Å². The summed E-state index contributed by atoms with van der Waals surface area (Å²) >= 11 is 2.73. The maximum Gasteiger partial charge on any atom is 0.321 e. The van der Waals surface area contributed by atoms with Gasteiger partial charge in [0.15, 0.2) is 5.16 Å². The van der Waals surface area contributed by atoms with Crippen LogP contribution >= 0.6 is 23.1 Å². The summed E-state index contributed by atoms with van der Waals surface area (Å²) in [6.45, 7) is 1.68. The molecule has 2 aromatic heterocycles. The van der Waals surface area contributed by atoms with E-state index in [1.54, 1.807) is 54.2 Å². The van der Waals surface area contributed by atoms with E-state index >= 15 is 0 Å². The molecule has 0 fully saturated rings. The van der Waals surface area contributed by atoms with E-state index in [4.69, 9.17) is 9.72 Å². The predicted octanol–water partition coefficient (Wildman–Crippen LogP) is 3.66. The van der Waals surface area contributed by atoms with Gasteiger partial charge in [0, 0.05) is 11.9 Å². The Balaban J connectivity index is 1.84. The number of nitrogens with one attached hydrogen (secondary N) is 2. The zero-order chi connectivity index (χ0) is 23.5. The van der Waals surface area contributed by atoms with E-state index in [2.05, 4.69) is 10.6 Å². The van der Waals surface area contributed by atoms with Crippen LogP contribution in [0.1, 0.15) is 36.6 Å². The molecule has 0 saturated carbocycles.